The topological polar surface area (TPSA) is 29.1 Å². The fourth-order valence-corrected chi connectivity index (χ4v) is 4.06. The monoisotopic (exact) mass is 399 g/mol. The summed E-state index contributed by atoms with van der Waals surface area (Å²) in [6, 6.07) is 20.8. The Morgan fingerprint density at radius 3 is 2.59 bits per heavy atom. The molecule has 0 aromatic heterocycles. The third kappa shape index (κ3) is 2.20. The second-order valence-corrected chi connectivity index (χ2v) is 6.74. The van der Waals surface area contributed by atoms with Crippen molar-refractivity contribution in [3.8, 4) is 0 Å². The van der Waals surface area contributed by atoms with E-state index in [1.54, 1.807) is 0 Å². The number of amides is 1. The Bertz CT molecular complexity index is 887. The van der Waals surface area contributed by atoms with Gasteiger partial charge in [0.25, 0.3) is 0 Å². The zero-order valence-electron chi connectivity index (χ0n) is 11.8. The molecule has 3 aromatic rings. The van der Waals surface area contributed by atoms with Crippen LogP contribution in [0.25, 0.3) is 10.8 Å². The van der Waals surface area contributed by atoms with E-state index in [0.717, 1.165) is 5.69 Å². The lowest BCUT2D eigenvalue weighted by molar-refractivity contribution is -0.116. The van der Waals surface area contributed by atoms with E-state index >= 15 is 0 Å². The Morgan fingerprint density at radius 2 is 1.73 bits per heavy atom. The smallest absolute Gasteiger partial charge is 0.225 e. The van der Waals surface area contributed by atoms with Crippen molar-refractivity contribution in [1.29, 1.82) is 0 Å². The van der Waals surface area contributed by atoms with Crippen LogP contribution in [0, 0.1) is 3.57 Å². The van der Waals surface area contributed by atoms with Gasteiger partial charge in [-0.3, -0.25) is 4.79 Å². The largest absolute Gasteiger partial charge is 0.326 e. The molecular formula is C19H14INO. The summed E-state index contributed by atoms with van der Waals surface area (Å²) in [4.78, 5) is 12.1. The number of anilines is 1. The number of carbonyl (C=O) groups is 1. The number of nitrogens with one attached hydrogen (secondary N) is 1. The van der Waals surface area contributed by atoms with Crippen LogP contribution >= 0.6 is 22.6 Å². The summed E-state index contributed by atoms with van der Waals surface area (Å²) in [5.74, 6) is 0.204. The Balaban J connectivity index is 2.02. The van der Waals surface area contributed by atoms with E-state index in [-0.39, 0.29) is 11.8 Å². The van der Waals surface area contributed by atoms with Crippen molar-refractivity contribution in [1.82, 2.24) is 0 Å². The van der Waals surface area contributed by atoms with E-state index in [9.17, 15) is 4.79 Å². The lowest BCUT2D eigenvalue weighted by atomic mass is 9.82. The van der Waals surface area contributed by atoms with Gasteiger partial charge in [-0.05, 0) is 56.6 Å². The van der Waals surface area contributed by atoms with Crippen LogP contribution in [0.3, 0.4) is 0 Å². The van der Waals surface area contributed by atoms with Crippen LogP contribution < -0.4 is 5.32 Å². The highest BCUT2D eigenvalue weighted by molar-refractivity contribution is 14.1. The summed E-state index contributed by atoms with van der Waals surface area (Å²) < 4.78 is 1.21. The van der Waals surface area contributed by atoms with Crippen LogP contribution in [0.15, 0.2) is 60.7 Å². The first-order chi connectivity index (χ1) is 10.7. The lowest BCUT2D eigenvalue weighted by Crippen LogP contribution is -2.24. The molecule has 1 aliphatic rings. The first-order valence-corrected chi connectivity index (χ1v) is 8.38. The Morgan fingerprint density at radius 1 is 0.955 bits per heavy atom. The molecular weight excluding hydrogens is 385 g/mol. The minimum absolute atomic E-state index is 0.0902. The van der Waals surface area contributed by atoms with Gasteiger partial charge in [0, 0.05) is 21.6 Å². The van der Waals surface area contributed by atoms with E-state index < -0.39 is 0 Å². The molecule has 1 N–H and O–H groups in total. The molecule has 22 heavy (non-hydrogen) atoms. The number of carbonyl (C=O) groups excluding carboxylic acids is 1. The number of hydrogen-bond donors (Lipinski definition) is 1. The van der Waals surface area contributed by atoms with Crippen molar-refractivity contribution >= 4 is 45.0 Å². The quantitative estimate of drug-likeness (QED) is 0.579. The molecule has 4 rings (SSSR count). The second kappa shape index (κ2) is 5.39. The molecule has 1 aliphatic heterocycles. The van der Waals surface area contributed by atoms with E-state index in [1.807, 2.05) is 12.1 Å². The van der Waals surface area contributed by atoms with E-state index in [4.69, 9.17) is 0 Å². The molecule has 0 saturated heterocycles. The normalized spacial score (nSPS) is 17.1. The Kier molecular flexibility index (Phi) is 3.37. The average Bonchev–Trinajstić information content (AvgIpc) is 2.54. The van der Waals surface area contributed by atoms with Gasteiger partial charge in [-0.2, -0.15) is 0 Å². The van der Waals surface area contributed by atoms with Gasteiger partial charge in [-0.15, -0.1) is 0 Å². The van der Waals surface area contributed by atoms with E-state index in [1.165, 1.54) is 25.5 Å². The van der Waals surface area contributed by atoms with Gasteiger partial charge in [0.05, 0.1) is 0 Å². The summed E-state index contributed by atoms with van der Waals surface area (Å²) in [6.07, 6.45) is 0.501. The van der Waals surface area contributed by atoms with Crippen molar-refractivity contribution in [3.63, 3.8) is 0 Å². The van der Waals surface area contributed by atoms with Crippen molar-refractivity contribution in [2.24, 2.45) is 0 Å². The van der Waals surface area contributed by atoms with Crippen molar-refractivity contribution in [3.05, 3.63) is 75.4 Å². The first kappa shape index (κ1) is 13.8. The number of rotatable bonds is 1. The van der Waals surface area contributed by atoms with Crippen LogP contribution in [0.2, 0.25) is 0 Å². The van der Waals surface area contributed by atoms with Crippen LogP contribution in [0.5, 0.6) is 0 Å². The van der Waals surface area contributed by atoms with Gasteiger partial charge in [0.1, 0.15) is 0 Å². The molecule has 2 nitrogen and oxygen atoms in total. The van der Waals surface area contributed by atoms with Gasteiger partial charge >= 0.3 is 0 Å². The zero-order chi connectivity index (χ0) is 15.1. The SMILES string of the molecule is O=C1CC(c2ccccc2I)c2c(ccc3ccccc23)N1. The molecule has 1 amide bonds. The summed E-state index contributed by atoms with van der Waals surface area (Å²) >= 11 is 2.36. The summed E-state index contributed by atoms with van der Waals surface area (Å²) in [7, 11) is 0. The molecule has 0 radical (unpaired) electrons. The standard InChI is InChI=1S/C19H14INO/c20-16-8-4-3-7-14(16)15-11-18(22)21-17-10-9-12-5-1-2-6-13(12)19(15)17/h1-10,15H,11H2,(H,21,22). The third-order valence-corrected chi connectivity index (χ3v) is 5.25. The van der Waals surface area contributed by atoms with Crippen LogP contribution in [0.4, 0.5) is 5.69 Å². The maximum Gasteiger partial charge on any atom is 0.225 e. The maximum atomic E-state index is 12.1. The summed E-state index contributed by atoms with van der Waals surface area (Å²) in [5.41, 5.74) is 3.41. The molecule has 0 saturated carbocycles. The molecule has 0 bridgehead atoms. The van der Waals surface area contributed by atoms with E-state index in [2.05, 4.69) is 76.4 Å². The fraction of sp³-hybridized carbons (Fsp3) is 0.105. The maximum absolute atomic E-state index is 12.1. The van der Waals surface area contributed by atoms with Gasteiger partial charge in [-0.25, -0.2) is 0 Å². The lowest BCUT2D eigenvalue weighted by Gasteiger charge is -2.28. The predicted octanol–water partition coefficient (Wildman–Crippen LogP) is 4.92. The van der Waals surface area contributed by atoms with Gasteiger partial charge in [0.2, 0.25) is 5.91 Å². The number of halogens is 1. The fourth-order valence-electron chi connectivity index (χ4n) is 3.29. The van der Waals surface area contributed by atoms with Gasteiger partial charge in [-0.1, -0.05) is 48.5 Å². The number of hydrogen-bond acceptors (Lipinski definition) is 1. The minimum atomic E-state index is 0.0902. The molecule has 3 heteroatoms. The molecule has 1 unspecified atom stereocenters. The van der Waals surface area contributed by atoms with Crippen molar-refractivity contribution < 1.29 is 4.79 Å². The van der Waals surface area contributed by atoms with Gasteiger partial charge in [0.15, 0.2) is 0 Å². The molecule has 1 atom stereocenters. The molecule has 3 aromatic carbocycles. The zero-order valence-corrected chi connectivity index (χ0v) is 14.0. The average molecular weight is 399 g/mol. The van der Waals surface area contributed by atoms with E-state index in [0.29, 0.717) is 6.42 Å². The second-order valence-electron chi connectivity index (χ2n) is 5.57. The minimum Gasteiger partial charge on any atom is -0.326 e. The number of benzene rings is 3. The molecule has 1 heterocycles. The Labute approximate surface area is 142 Å². The Hall–Kier alpha value is -1.88. The molecule has 0 aliphatic carbocycles. The van der Waals surface area contributed by atoms with Crippen molar-refractivity contribution in [2.45, 2.75) is 12.3 Å². The molecule has 108 valence electrons. The molecule has 0 spiro atoms. The summed E-state index contributed by atoms with van der Waals surface area (Å²) in [5, 5.41) is 5.47. The first-order valence-electron chi connectivity index (χ1n) is 7.30. The highest BCUT2D eigenvalue weighted by atomic mass is 127. The van der Waals surface area contributed by atoms with Crippen LogP contribution in [-0.4, -0.2) is 5.91 Å². The highest BCUT2D eigenvalue weighted by Gasteiger charge is 2.29. The van der Waals surface area contributed by atoms with Crippen LogP contribution in [-0.2, 0) is 4.79 Å². The summed E-state index contributed by atoms with van der Waals surface area (Å²) in [6.45, 7) is 0. The third-order valence-electron chi connectivity index (χ3n) is 4.26. The predicted molar refractivity (Wildman–Crippen MR) is 98.2 cm³/mol. The van der Waals surface area contributed by atoms with Gasteiger partial charge < -0.3 is 5.32 Å². The molecule has 0 fully saturated rings. The number of fused-ring (bicyclic) bond motifs is 3. The highest BCUT2D eigenvalue weighted by Crippen LogP contribution is 2.42. The van der Waals surface area contributed by atoms with Crippen molar-refractivity contribution in [2.75, 3.05) is 5.32 Å². The van der Waals surface area contributed by atoms with Crippen LogP contribution in [0.1, 0.15) is 23.5 Å².